The highest BCUT2D eigenvalue weighted by molar-refractivity contribution is 5.90. The van der Waals surface area contributed by atoms with Crippen molar-refractivity contribution in [2.75, 3.05) is 0 Å². The highest BCUT2D eigenvalue weighted by atomic mass is 16.5. The number of carbonyl (C=O) groups excluding carboxylic acids is 2. The smallest absolute Gasteiger partial charge is 0.339 e. The quantitative estimate of drug-likeness (QED) is 0.346. The molecule has 9 nitrogen and oxygen atoms in total. The third-order valence-corrected chi connectivity index (χ3v) is 6.11. The predicted molar refractivity (Wildman–Crippen MR) is 127 cm³/mol. The SMILES string of the molecule is Cc1cc(O[C@@H](C)C(=O)N[C@@H](Cc2c[nH]c3ccc(O)cc23)C(=O)[O-])c2c(C)c(C)c(=O)oc2c1. The molecule has 1 amide bonds. The number of hydrogen-bond donors (Lipinski definition) is 3. The number of ether oxygens (including phenoxy) is 1. The molecule has 0 aliphatic rings. The number of aromatic hydroxyl groups is 1. The van der Waals surface area contributed by atoms with Gasteiger partial charge in [0.15, 0.2) is 6.10 Å². The van der Waals surface area contributed by atoms with Gasteiger partial charge in [0, 0.05) is 29.1 Å². The molecule has 2 aromatic heterocycles. The topological polar surface area (TPSA) is 145 Å². The first-order valence-electron chi connectivity index (χ1n) is 11.1. The molecular weight excluding hydrogens is 452 g/mol. The zero-order chi connectivity index (χ0) is 25.4. The molecule has 35 heavy (non-hydrogen) atoms. The van der Waals surface area contributed by atoms with Gasteiger partial charge in [-0.2, -0.15) is 0 Å². The summed E-state index contributed by atoms with van der Waals surface area (Å²) in [5.74, 6) is -1.71. The van der Waals surface area contributed by atoms with Crippen molar-refractivity contribution in [1.82, 2.24) is 10.3 Å². The van der Waals surface area contributed by atoms with Gasteiger partial charge >= 0.3 is 5.63 Å². The lowest BCUT2D eigenvalue weighted by atomic mass is 10.0. The van der Waals surface area contributed by atoms with Gasteiger partial charge in [-0.25, -0.2) is 4.79 Å². The number of hydrogen-bond acceptors (Lipinski definition) is 7. The molecule has 4 aromatic rings. The van der Waals surface area contributed by atoms with Crippen LogP contribution in [0.15, 0.2) is 45.7 Å². The van der Waals surface area contributed by atoms with Crippen LogP contribution in [0.5, 0.6) is 11.5 Å². The van der Waals surface area contributed by atoms with Crippen LogP contribution in [0.25, 0.3) is 21.9 Å². The molecule has 2 atom stereocenters. The average Bonchev–Trinajstić information content (AvgIpc) is 3.18. The molecule has 0 spiro atoms. The Hall–Kier alpha value is -4.27. The summed E-state index contributed by atoms with van der Waals surface area (Å²) in [6, 6.07) is 6.83. The molecule has 0 radical (unpaired) electrons. The minimum atomic E-state index is -1.45. The van der Waals surface area contributed by atoms with Gasteiger partial charge in [0.1, 0.15) is 17.1 Å². The number of rotatable bonds is 7. The number of amides is 1. The minimum Gasteiger partial charge on any atom is -0.548 e. The number of carbonyl (C=O) groups is 2. The molecule has 0 unspecified atom stereocenters. The molecular formula is C26H25N2O7-. The minimum absolute atomic E-state index is 0.0427. The average molecular weight is 477 g/mol. The van der Waals surface area contributed by atoms with Crippen LogP contribution < -0.4 is 20.8 Å². The van der Waals surface area contributed by atoms with E-state index < -0.39 is 29.6 Å². The van der Waals surface area contributed by atoms with E-state index in [1.165, 1.54) is 19.1 Å². The van der Waals surface area contributed by atoms with E-state index in [-0.39, 0.29) is 12.2 Å². The number of aliphatic carboxylic acids is 1. The fourth-order valence-corrected chi connectivity index (χ4v) is 4.06. The van der Waals surface area contributed by atoms with Crippen molar-refractivity contribution in [3.05, 3.63) is 69.2 Å². The Kier molecular flexibility index (Phi) is 6.26. The van der Waals surface area contributed by atoms with Crippen LogP contribution in [-0.4, -0.2) is 34.1 Å². The van der Waals surface area contributed by atoms with Gasteiger partial charge < -0.3 is 34.5 Å². The molecule has 0 bridgehead atoms. The summed E-state index contributed by atoms with van der Waals surface area (Å²) in [6.45, 7) is 6.72. The Bertz CT molecular complexity index is 1520. The molecule has 9 heteroatoms. The monoisotopic (exact) mass is 477 g/mol. The summed E-state index contributed by atoms with van der Waals surface area (Å²) in [6.07, 6.45) is 0.519. The Morgan fingerprint density at radius 2 is 1.91 bits per heavy atom. The second kappa shape index (κ2) is 9.17. The van der Waals surface area contributed by atoms with Gasteiger partial charge in [-0.15, -0.1) is 0 Å². The Balaban J connectivity index is 1.57. The van der Waals surface area contributed by atoms with Crippen LogP contribution in [0.1, 0.15) is 29.2 Å². The van der Waals surface area contributed by atoms with Crippen molar-refractivity contribution < 1.29 is 29.0 Å². The Morgan fingerprint density at radius 1 is 1.17 bits per heavy atom. The number of nitrogens with one attached hydrogen (secondary N) is 2. The van der Waals surface area contributed by atoms with Crippen LogP contribution in [-0.2, 0) is 16.0 Å². The lowest BCUT2D eigenvalue weighted by Crippen LogP contribution is -2.52. The normalized spacial score (nSPS) is 13.0. The van der Waals surface area contributed by atoms with Gasteiger partial charge in [0.05, 0.1) is 17.4 Å². The van der Waals surface area contributed by atoms with Crippen LogP contribution in [0.3, 0.4) is 0 Å². The Morgan fingerprint density at radius 3 is 2.63 bits per heavy atom. The molecule has 0 saturated heterocycles. The first kappa shape index (κ1) is 23.9. The van der Waals surface area contributed by atoms with E-state index in [1.807, 2.05) is 0 Å². The fraction of sp³-hybridized carbons (Fsp3) is 0.269. The fourth-order valence-electron chi connectivity index (χ4n) is 4.06. The van der Waals surface area contributed by atoms with E-state index in [0.29, 0.717) is 38.8 Å². The van der Waals surface area contributed by atoms with E-state index in [4.69, 9.17) is 9.15 Å². The Labute approximate surface area is 200 Å². The zero-order valence-corrected chi connectivity index (χ0v) is 19.7. The largest absolute Gasteiger partial charge is 0.548 e. The van der Waals surface area contributed by atoms with E-state index in [1.54, 1.807) is 45.2 Å². The third-order valence-electron chi connectivity index (χ3n) is 6.11. The first-order valence-corrected chi connectivity index (χ1v) is 11.1. The second-order valence-corrected chi connectivity index (χ2v) is 8.66. The molecule has 2 aromatic carbocycles. The third kappa shape index (κ3) is 4.70. The molecule has 4 rings (SSSR count). The second-order valence-electron chi connectivity index (χ2n) is 8.66. The number of carboxylic acid groups (broad SMARTS) is 1. The van der Waals surface area contributed by atoms with Crippen LogP contribution in [0, 0.1) is 20.8 Å². The maximum Gasteiger partial charge on any atom is 0.339 e. The maximum atomic E-state index is 12.9. The van der Waals surface area contributed by atoms with Gasteiger partial charge in [-0.1, -0.05) is 0 Å². The number of phenolic OH excluding ortho intramolecular Hbond substituents is 1. The number of H-pyrrole nitrogens is 1. The van der Waals surface area contributed by atoms with Gasteiger partial charge in [-0.3, -0.25) is 4.79 Å². The summed E-state index contributed by atoms with van der Waals surface area (Å²) in [5, 5.41) is 25.3. The van der Waals surface area contributed by atoms with E-state index >= 15 is 0 Å². The molecule has 182 valence electrons. The summed E-state index contributed by atoms with van der Waals surface area (Å²) in [7, 11) is 0. The number of aryl methyl sites for hydroxylation is 2. The lowest BCUT2D eigenvalue weighted by Gasteiger charge is -2.23. The van der Waals surface area contributed by atoms with Gasteiger partial charge in [0.2, 0.25) is 0 Å². The highest BCUT2D eigenvalue weighted by Gasteiger charge is 2.23. The molecule has 0 aliphatic heterocycles. The van der Waals surface area contributed by atoms with Crippen molar-refractivity contribution in [1.29, 1.82) is 0 Å². The predicted octanol–water partition coefficient (Wildman–Crippen LogP) is 2.15. The van der Waals surface area contributed by atoms with Crippen LogP contribution in [0.2, 0.25) is 0 Å². The summed E-state index contributed by atoms with van der Waals surface area (Å²) < 4.78 is 11.3. The first-order chi connectivity index (χ1) is 16.5. The maximum absolute atomic E-state index is 12.9. The molecule has 0 fully saturated rings. The number of fused-ring (bicyclic) bond motifs is 2. The molecule has 0 saturated carbocycles. The van der Waals surface area contributed by atoms with Gasteiger partial charge in [0.25, 0.3) is 5.91 Å². The number of phenols is 1. The number of aromatic nitrogens is 1. The molecule has 2 heterocycles. The van der Waals surface area contributed by atoms with Crippen molar-refractivity contribution in [3.63, 3.8) is 0 Å². The summed E-state index contributed by atoms with van der Waals surface area (Å²) >= 11 is 0. The number of carboxylic acids is 1. The number of aromatic amines is 1. The molecule has 0 aliphatic carbocycles. The van der Waals surface area contributed by atoms with E-state index in [2.05, 4.69) is 10.3 Å². The van der Waals surface area contributed by atoms with Crippen LogP contribution >= 0.6 is 0 Å². The zero-order valence-electron chi connectivity index (χ0n) is 19.7. The van der Waals surface area contributed by atoms with Crippen molar-refractivity contribution in [2.45, 2.75) is 46.3 Å². The summed E-state index contributed by atoms with van der Waals surface area (Å²) in [4.78, 5) is 39.8. The number of benzene rings is 2. The van der Waals surface area contributed by atoms with Crippen LogP contribution in [0.4, 0.5) is 0 Å². The summed E-state index contributed by atoms with van der Waals surface area (Å²) in [5.41, 5.74) is 3.10. The van der Waals surface area contributed by atoms with Gasteiger partial charge in [-0.05, 0) is 74.7 Å². The van der Waals surface area contributed by atoms with E-state index in [9.17, 15) is 24.6 Å². The van der Waals surface area contributed by atoms with Crippen molar-refractivity contribution >= 4 is 33.7 Å². The van der Waals surface area contributed by atoms with E-state index in [0.717, 1.165) is 11.1 Å². The standard InChI is InChI=1S/C26H26N2O7/c1-12-7-21(23-13(2)14(3)26(33)35-22(23)8-12)34-15(4)24(30)28-20(25(31)32)9-16-11-27-19-6-5-17(29)10-18(16)19/h5-8,10-11,15,20,27,29H,9H2,1-4H3,(H,28,30)(H,31,32)/p-1/t15-,20-/m0/s1. The molecule has 3 N–H and O–H groups in total. The van der Waals surface area contributed by atoms with Crippen molar-refractivity contribution in [2.24, 2.45) is 0 Å². The highest BCUT2D eigenvalue weighted by Crippen LogP contribution is 2.31. The van der Waals surface area contributed by atoms with Crippen molar-refractivity contribution in [3.8, 4) is 11.5 Å². The lowest BCUT2D eigenvalue weighted by molar-refractivity contribution is -0.308.